The SMILES string of the molecule is CC(Sc1nnc(-c2ccncc2)n1CC(F)(F)F)C(=O)N1CCc2sccc2C1. The minimum atomic E-state index is -4.45. The highest BCUT2D eigenvalue weighted by Crippen LogP contribution is 2.32. The number of hydrogen-bond acceptors (Lipinski definition) is 6. The van der Waals surface area contributed by atoms with Crippen molar-refractivity contribution in [1.82, 2.24) is 24.6 Å². The lowest BCUT2D eigenvalue weighted by molar-refractivity contribution is -0.141. The second-order valence-corrected chi connectivity index (χ2v) is 9.19. The molecule has 1 aliphatic heterocycles. The number of thiophene rings is 1. The third kappa shape index (κ3) is 4.51. The van der Waals surface area contributed by atoms with E-state index in [1.807, 2.05) is 11.4 Å². The highest BCUT2D eigenvalue weighted by atomic mass is 32.2. The summed E-state index contributed by atoms with van der Waals surface area (Å²) in [5, 5.41) is 9.40. The predicted octanol–water partition coefficient (Wildman–Crippen LogP) is 4.03. The number of aromatic nitrogens is 4. The van der Waals surface area contributed by atoms with E-state index in [1.54, 1.807) is 35.3 Å². The smallest absolute Gasteiger partial charge is 0.337 e. The van der Waals surface area contributed by atoms with Gasteiger partial charge < -0.3 is 4.90 Å². The normalized spacial score (nSPS) is 15.1. The van der Waals surface area contributed by atoms with E-state index in [-0.39, 0.29) is 16.9 Å². The molecule has 6 nitrogen and oxygen atoms in total. The first kappa shape index (κ1) is 20.9. The van der Waals surface area contributed by atoms with E-state index in [1.165, 1.54) is 17.3 Å². The van der Waals surface area contributed by atoms with Crippen molar-refractivity contribution in [2.45, 2.75) is 43.0 Å². The van der Waals surface area contributed by atoms with E-state index in [0.717, 1.165) is 28.3 Å². The monoisotopic (exact) mass is 453 g/mol. The van der Waals surface area contributed by atoms with Gasteiger partial charge in [-0.3, -0.25) is 14.3 Å². The predicted molar refractivity (Wildman–Crippen MR) is 108 cm³/mol. The Morgan fingerprint density at radius 2 is 2.03 bits per heavy atom. The van der Waals surface area contributed by atoms with Crippen LogP contribution < -0.4 is 0 Å². The Morgan fingerprint density at radius 3 is 2.77 bits per heavy atom. The van der Waals surface area contributed by atoms with Crippen molar-refractivity contribution in [3.8, 4) is 11.4 Å². The van der Waals surface area contributed by atoms with Crippen molar-refractivity contribution in [3.05, 3.63) is 46.4 Å². The lowest BCUT2D eigenvalue weighted by Crippen LogP contribution is -2.39. The first-order valence-electron chi connectivity index (χ1n) is 9.23. The Bertz CT molecular complexity index is 1030. The summed E-state index contributed by atoms with van der Waals surface area (Å²) in [6, 6.07) is 5.16. The van der Waals surface area contributed by atoms with E-state index >= 15 is 0 Å². The summed E-state index contributed by atoms with van der Waals surface area (Å²) in [6.07, 6.45) is -0.687. The molecule has 4 heterocycles. The molecule has 11 heteroatoms. The van der Waals surface area contributed by atoms with Gasteiger partial charge in [0.05, 0.1) is 5.25 Å². The molecule has 0 saturated heterocycles. The number of carbonyl (C=O) groups is 1. The summed E-state index contributed by atoms with van der Waals surface area (Å²) in [5.74, 6) is -0.0263. The lowest BCUT2D eigenvalue weighted by atomic mass is 10.1. The largest absolute Gasteiger partial charge is 0.406 e. The van der Waals surface area contributed by atoms with Crippen LogP contribution in [0.5, 0.6) is 0 Å². The van der Waals surface area contributed by atoms with Crippen molar-refractivity contribution in [2.24, 2.45) is 0 Å². The molecular weight excluding hydrogens is 435 g/mol. The molecule has 0 aliphatic carbocycles. The molecular formula is C19H18F3N5OS2. The van der Waals surface area contributed by atoms with Gasteiger partial charge in [-0.2, -0.15) is 13.2 Å². The molecule has 4 rings (SSSR count). The van der Waals surface area contributed by atoms with Crippen LogP contribution in [-0.4, -0.2) is 48.5 Å². The zero-order chi connectivity index (χ0) is 21.3. The number of rotatable bonds is 5. The summed E-state index contributed by atoms with van der Waals surface area (Å²) in [6.45, 7) is 1.59. The zero-order valence-electron chi connectivity index (χ0n) is 16.0. The fourth-order valence-electron chi connectivity index (χ4n) is 3.31. The first-order chi connectivity index (χ1) is 14.3. The summed E-state index contributed by atoms with van der Waals surface area (Å²) in [5.41, 5.74) is 1.62. The molecule has 0 radical (unpaired) electrons. The van der Waals surface area contributed by atoms with E-state index in [2.05, 4.69) is 15.2 Å². The molecule has 1 aliphatic rings. The van der Waals surface area contributed by atoms with Crippen LogP contribution in [0.2, 0.25) is 0 Å². The molecule has 0 saturated carbocycles. The summed E-state index contributed by atoms with van der Waals surface area (Å²) in [7, 11) is 0. The molecule has 30 heavy (non-hydrogen) atoms. The molecule has 0 fully saturated rings. The van der Waals surface area contributed by atoms with Crippen molar-refractivity contribution in [3.63, 3.8) is 0 Å². The Kier molecular flexibility index (Phi) is 5.83. The topological polar surface area (TPSA) is 63.9 Å². The molecule has 1 amide bonds. The average Bonchev–Trinajstić information content (AvgIpc) is 3.33. The van der Waals surface area contributed by atoms with Crippen LogP contribution in [0.15, 0.2) is 41.1 Å². The minimum absolute atomic E-state index is 0.0632. The first-order valence-corrected chi connectivity index (χ1v) is 11.0. The number of thioether (sulfide) groups is 1. The third-order valence-electron chi connectivity index (χ3n) is 4.74. The van der Waals surface area contributed by atoms with Crippen LogP contribution in [0.25, 0.3) is 11.4 Å². The van der Waals surface area contributed by atoms with Gasteiger partial charge in [0, 0.05) is 35.9 Å². The number of alkyl halides is 3. The van der Waals surface area contributed by atoms with E-state index in [4.69, 9.17) is 0 Å². The summed E-state index contributed by atoms with van der Waals surface area (Å²) < 4.78 is 40.7. The Labute approximate surface area is 179 Å². The van der Waals surface area contributed by atoms with Crippen molar-refractivity contribution >= 4 is 29.0 Å². The highest BCUT2D eigenvalue weighted by molar-refractivity contribution is 8.00. The molecule has 1 atom stereocenters. The molecule has 1 unspecified atom stereocenters. The Morgan fingerprint density at radius 1 is 1.27 bits per heavy atom. The van der Waals surface area contributed by atoms with Gasteiger partial charge in [-0.1, -0.05) is 11.8 Å². The van der Waals surface area contributed by atoms with Gasteiger partial charge in [-0.25, -0.2) is 0 Å². The van der Waals surface area contributed by atoms with Gasteiger partial charge in [0.25, 0.3) is 0 Å². The minimum Gasteiger partial charge on any atom is -0.337 e. The molecule has 158 valence electrons. The van der Waals surface area contributed by atoms with Gasteiger partial charge in [0.1, 0.15) is 6.54 Å². The van der Waals surface area contributed by atoms with Crippen LogP contribution >= 0.6 is 23.1 Å². The van der Waals surface area contributed by atoms with E-state index in [0.29, 0.717) is 18.7 Å². The van der Waals surface area contributed by atoms with E-state index < -0.39 is 18.0 Å². The molecule has 0 aromatic carbocycles. The maximum Gasteiger partial charge on any atom is 0.406 e. The van der Waals surface area contributed by atoms with Gasteiger partial charge in [0.15, 0.2) is 11.0 Å². The van der Waals surface area contributed by atoms with Crippen molar-refractivity contribution in [2.75, 3.05) is 6.54 Å². The number of fused-ring (bicyclic) bond motifs is 1. The molecule has 3 aromatic heterocycles. The maximum atomic E-state index is 13.2. The standard InChI is InChI=1S/C19H18F3N5OS2/c1-12(17(28)26-8-4-15-14(10-26)5-9-29-15)30-18-25-24-16(13-2-6-23-7-3-13)27(18)11-19(20,21)22/h2-3,5-7,9,12H,4,8,10-11H2,1H3. The van der Waals surface area contributed by atoms with E-state index in [9.17, 15) is 18.0 Å². The fraction of sp³-hybridized carbons (Fsp3) is 0.368. The number of pyridine rings is 1. The van der Waals surface area contributed by atoms with Crippen LogP contribution in [0.1, 0.15) is 17.4 Å². The summed E-state index contributed by atoms with van der Waals surface area (Å²) in [4.78, 5) is 19.8. The van der Waals surface area contributed by atoms with Crippen molar-refractivity contribution < 1.29 is 18.0 Å². The fourth-order valence-corrected chi connectivity index (χ4v) is 5.14. The molecule has 0 bridgehead atoms. The number of hydrogen-bond donors (Lipinski definition) is 0. The van der Waals surface area contributed by atoms with Crippen LogP contribution in [0.3, 0.4) is 0 Å². The van der Waals surface area contributed by atoms with Crippen LogP contribution in [0.4, 0.5) is 13.2 Å². The highest BCUT2D eigenvalue weighted by Gasteiger charge is 2.33. The number of carbonyl (C=O) groups excluding carboxylic acids is 1. The Balaban J connectivity index is 1.55. The molecule has 0 N–H and O–H groups in total. The second-order valence-electron chi connectivity index (χ2n) is 6.88. The third-order valence-corrected chi connectivity index (χ3v) is 6.83. The zero-order valence-corrected chi connectivity index (χ0v) is 17.6. The quantitative estimate of drug-likeness (QED) is 0.546. The second kappa shape index (κ2) is 8.38. The average molecular weight is 454 g/mol. The maximum absolute atomic E-state index is 13.2. The van der Waals surface area contributed by atoms with Crippen molar-refractivity contribution in [1.29, 1.82) is 0 Å². The van der Waals surface area contributed by atoms with Gasteiger partial charge in [-0.05, 0) is 42.5 Å². The number of amides is 1. The number of nitrogens with zero attached hydrogens (tertiary/aromatic N) is 5. The van der Waals surface area contributed by atoms with Crippen LogP contribution in [-0.2, 0) is 24.3 Å². The van der Waals surface area contributed by atoms with Gasteiger partial charge in [-0.15, -0.1) is 21.5 Å². The lowest BCUT2D eigenvalue weighted by Gasteiger charge is -2.29. The van der Waals surface area contributed by atoms with Gasteiger partial charge >= 0.3 is 6.18 Å². The summed E-state index contributed by atoms with van der Waals surface area (Å²) >= 11 is 2.68. The Hall–Kier alpha value is -2.40. The molecule has 0 spiro atoms. The van der Waals surface area contributed by atoms with Crippen LogP contribution in [0, 0.1) is 0 Å². The number of halogens is 3. The van der Waals surface area contributed by atoms with Gasteiger partial charge in [0.2, 0.25) is 5.91 Å². The molecule has 3 aromatic rings.